The van der Waals surface area contributed by atoms with E-state index in [1.165, 1.54) is 10.8 Å². The number of hydrogen-bond acceptors (Lipinski definition) is 7. The van der Waals surface area contributed by atoms with Gasteiger partial charge in [0.25, 0.3) is 5.56 Å². The number of hydrogen-bond donors (Lipinski definition) is 2. The van der Waals surface area contributed by atoms with Gasteiger partial charge < -0.3 is 14.7 Å². The van der Waals surface area contributed by atoms with E-state index in [1.54, 1.807) is 24.7 Å². The standard InChI is InChI=1S/C26H28N6O5/c1-29-21-14-19(20(31-10-12-37-13-11-31)15-22(21)30(2)26(29)36)27-16-18-23(33)28-25(35)32(24(18)34)9-8-17-6-4-3-5-7-17/h3-7,14-16,34H,8-13H2,1-2H3,(H,28,33,35). The van der Waals surface area contributed by atoms with Crippen LogP contribution in [-0.4, -0.2) is 56.3 Å². The quantitative estimate of drug-likeness (QED) is 0.381. The molecule has 4 aromatic rings. The molecule has 192 valence electrons. The lowest BCUT2D eigenvalue weighted by Gasteiger charge is -2.30. The largest absolute Gasteiger partial charge is 0.494 e. The molecule has 0 spiro atoms. The molecular formula is C26H28N6O5. The SMILES string of the molecule is Cn1c(=O)n(C)c2cc(N3CCOCC3)c(N=Cc3c(O)n(CCc4ccccc4)c(=O)[nH]c3=O)cc21. The first kappa shape index (κ1) is 24.3. The third-order valence-electron chi connectivity index (χ3n) is 6.73. The number of ether oxygens (including phenoxy) is 1. The predicted octanol–water partition coefficient (Wildman–Crippen LogP) is 1.26. The number of fused-ring (bicyclic) bond motifs is 1. The van der Waals surface area contributed by atoms with E-state index in [2.05, 4.69) is 14.9 Å². The number of rotatable bonds is 6. The molecule has 0 aliphatic carbocycles. The Hall–Kier alpha value is -4.38. The number of anilines is 1. The molecule has 1 fully saturated rings. The van der Waals surface area contributed by atoms with E-state index < -0.39 is 17.1 Å². The number of aryl methyl sites for hydroxylation is 3. The summed E-state index contributed by atoms with van der Waals surface area (Å²) in [5.41, 5.74) is 2.02. The van der Waals surface area contributed by atoms with Crippen molar-refractivity contribution in [3.63, 3.8) is 0 Å². The molecule has 2 aromatic heterocycles. The van der Waals surface area contributed by atoms with Crippen molar-refractivity contribution in [2.24, 2.45) is 19.1 Å². The van der Waals surface area contributed by atoms with Gasteiger partial charge >= 0.3 is 11.4 Å². The Morgan fingerprint density at radius 3 is 2.41 bits per heavy atom. The van der Waals surface area contributed by atoms with Crippen molar-refractivity contribution in [1.82, 2.24) is 18.7 Å². The Balaban J connectivity index is 1.57. The molecule has 11 nitrogen and oxygen atoms in total. The van der Waals surface area contributed by atoms with E-state index in [0.29, 0.717) is 43.9 Å². The van der Waals surface area contributed by atoms with Gasteiger partial charge in [-0.3, -0.25) is 28.5 Å². The van der Waals surface area contributed by atoms with Gasteiger partial charge in [-0.2, -0.15) is 0 Å². The number of aliphatic imine (C=N–C) groups is 1. The van der Waals surface area contributed by atoms with Crippen molar-refractivity contribution in [2.75, 3.05) is 31.2 Å². The van der Waals surface area contributed by atoms with E-state index in [0.717, 1.165) is 21.3 Å². The molecule has 0 saturated carbocycles. The van der Waals surface area contributed by atoms with E-state index in [9.17, 15) is 19.5 Å². The van der Waals surface area contributed by atoms with Crippen LogP contribution in [0.15, 0.2) is 61.8 Å². The van der Waals surface area contributed by atoms with Crippen LogP contribution < -0.4 is 21.8 Å². The summed E-state index contributed by atoms with van der Waals surface area (Å²) < 4.78 is 9.72. The minimum absolute atomic E-state index is 0.123. The third-order valence-corrected chi connectivity index (χ3v) is 6.73. The molecule has 0 radical (unpaired) electrons. The van der Waals surface area contributed by atoms with Crippen LogP contribution in [-0.2, 0) is 31.8 Å². The van der Waals surface area contributed by atoms with E-state index in [1.807, 2.05) is 36.4 Å². The second-order valence-corrected chi connectivity index (χ2v) is 8.97. The highest BCUT2D eigenvalue weighted by atomic mass is 16.5. The van der Waals surface area contributed by atoms with Gasteiger partial charge in [0.05, 0.1) is 35.6 Å². The molecule has 1 aliphatic rings. The van der Waals surface area contributed by atoms with Crippen LogP contribution in [0.2, 0.25) is 0 Å². The average molecular weight is 505 g/mol. The fourth-order valence-corrected chi connectivity index (χ4v) is 4.60. The lowest BCUT2D eigenvalue weighted by molar-refractivity contribution is 0.123. The van der Waals surface area contributed by atoms with Crippen LogP contribution in [0, 0.1) is 0 Å². The maximum Gasteiger partial charge on any atom is 0.331 e. The Labute approximate surface area is 211 Å². The van der Waals surface area contributed by atoms with Crippen LogP contribution >= 0.6 is 0 Å². The highest BCUT2D eigenvalue weighted by Crippen LogP contribution is 2.34. The molecule has 0 bridgehead atoms. The van der Waals surface area contributed by atoms with Gasteiger partial charge in [-0.1, -0.05) is 30.3 Å². The Bertz CT molecular complexity index is 1660. The summed E-state index contributed by atoms with van der Waals surface area (Å²) in [6.45, 7) is 2.59. The number of morpholine rings is 1. The fourth-order valence-electron chi connectivity index (χ4n) is 4.60. The summed E-state index contributed by atoms with van der Waals surface area (Å²) in [5.74, 6) is -0.449. The van der Waals surface area contributed by atoms with Gasteiger partial charge in [-0.25, -0.2) is 9.59 Å². The molecule has 0 amide bonds. The van der Waals surface area contributed by atoms with Gasteiger partial charge in [0.2, 0.25) is 5.88 Å². The van der Waals surface area contributed by atoms with E-state index >= 15 is 0 Å². The monoisotopic (exact) mass is 504 g/mol. The highest BCUT2D eigenvalue weighted by Gasteiger charge is 2.19. The van der Waals surface area contributed by atoms with Crippen molar-refractivity contribution in [3.05, 3.63) is 84.9 Å². The summed E-state index contributed by atoms with van der Waals surface area (Å²) in [7, 11) is 3.40. The molecule has 0 atom stereocenters. The first-order valence-electron chi connectivity index (χ1n) is 12.0. The molecular weight excluding hydrogens is 476 g/mol. The number of nitrogens with one attached hydrogen (secondary N) is 1. The van der Waals surface area contributed by atoms with Crippen LogP contribution in [0.4, 0.5) is 11.4 Å². The van der Waals surface area contributed by atoms with Gasteiger partial charge in [-0.05, 0) is 24.1 Å². The lowest BCUT2D eigenvalue weighted by atomic mass is 10.1. The van der Waals surface area contributed by atoms with Crippen LogP contribution in [0.3, 0.4) is 0 Å². The minimum atomic E-state index is -0.733. The molecule has 3 heterocycles. The molecule has 1 saturated heterocycles. The predicted molar refractivity (Wildman–Crippen MR) is 142 cm³/mol. The molecule has 11 heteroatoms. The summed E-state index contributed by atoms with van der Waals surface area (Å²) in [6, 6.07) is 13.2. The van der Waals surface area contributed by atoms with E-state index in [4.69, 9.17) is 4.74 Å². The number of imidazole rings is 1. The second kappa shape index (κ2) is 9.94. The van der Waals surface area contributed by atoms with Crippen molar-refractivity contribution in [2.45, 2.75) is 13.0 Å². The number of nitrogens with zero attached hydrogens (tertiary/aromatic N) is 5. The molecule has 0 unspecified atom stereocenters. The molecule has 2 aromatic carbocycles. The maximum atomic E-state index is 12.6. The molecule has 1 aliphatic heterocycles. The number of aromatic amines is 1. The van der Waals surface area contributed by atoms with Crippen molar-refractivity contribution >= 4 is 28.6 Å². The van der Waals surface area contributed by atoms with Gasteiger partial charge in [0.15, 0.2) is 0 Å². The first-order valence-corrected chi connectivity index (χ1v) is 12.0. The Morgan fingerprint density at radius 2 is 1.70 bits per heavy atom. The van der Waals surface area contributed by atoms with Gasteiger partial charge in [-0.15, -0.1) is 0 Å². The normalized spacial score (nSPS) is 14.2. The van der Waals surface area contributed by atoms with Gasteiger partial charge in [0.1, 0.15) is 5.56 Å². The van der Waals surface area contributed by atoms with Crippen molar-refractivity contribution in [1.29, 1.82) is 0 Å². The fraction of sp³-hybridized carbons (Fsp3) is 0.308. The van der Waals surface area contributed by atoms with Gasteiger partial charge in [0, 0.05) is 39.9 Å². The zero-order valence-electron chi connectivity index (χ0n) is 20.7. The smallest absolute Gasteiger partial charge is 0.331 e. The molecule has 5 rings (SSSR count). The van der Waals surface area contributed by atoms with E-state index in [-0.39, 0.29) is 17.8 Å². The Kier molecular flexibility index (Phi) is 6.53. The van der Waals surface area contributed by atoms with Crippen molar-refractivity contribution in [3.8, 4) is 5.88 Å². The minimum Gasteiger partial charge on any atom is -0.494 e. The zero-order valence-corrected chi connectivity index (χ0v) is 20.7. The number of H-pyrrole nitrogens is 1. The molecule has 37 heavy (non-hydrogen) atoms. The number of aromatic hydroxyl groups is 1. The topological polar surface area (TPSA) is 127 Å². The van der Waals surface area contributed by atoms with Crippen LogP contribution in [0.25, 0.3) is 11.0 Å². The summed E-state index contributed by atoms with van der Waals surface area (Å²) in [4.78, 5) is 46.5. The summed E-state index contributed by atoms with van der Waals surface area (Å²) in [6.07, 6.45) is 1.76. The number of benzene rings is 2. The first-order chi connectivity index (χ1) is 17.8. The second-order valence-electron chi connectivity index (χ2n) is 8.97. The lowest BCUT2D eigenvalue weighted by Crippen LogP contribution is -2.36. The zero-order chi connectivity index (χ0) is 26.1. The average Bonchev–Trinajstić information content (AvgIpc) is 3.12. The summed E-state index contributed by atoms with van der Waals surface area (Å²) in [5, 5.41) is 10.9. The highest BCUT2D eigenvalue weighted by molar-refractivity contribution is 5.91. The molecule has 2 N–H and O–H groups in total. The summed E-state index contributed by atoms with van der Waals surface area (Å²) >= 11 is 0. The maximum absolute atomic E-state index is 12.6. The number of aromatic nitrogens is 4. The van der Waals surface area contributed by atoms with Crippen molar-refractivity contribution < 1.29 is 9.84 Å². The van der Waals surface area contributed by atoms with Crippen LogP contribution in [0.5, 0.6) is 5.88 Å². The van der Waals surface area contributed by atoms with Crippen LogP contribution in [0.1, 0.15) is 11.1 Å². The Morgan fingerprint density at radius 1 is 1.03 bits per heavy atom. The third kappa shape index (κ3) is 4.60.